The maximum Gasteiger partial charge on any atom is 0.326 e. The minimum Gasteiger partial charge on any atom is -0.341 e. The first-order valence-corrected chi connectivity index (χ1v) is 6.84. The summed E-state index contributed by atoms with van der Waals surface area (Å²) in [5.41, 5.74) is 6.91. The Balaban J connectivity index is 1.81. The minimum absolute atomic E-state index is 0.0206. The van der Waals surface area contributed by atoms with E-state index in [0.29, 0.717) is 19.0 Å². The number of likely N-dealkylation sites (tertiary alicyclic amines) is 1. The van der Waals surface area contributed by atoms with Crippen LogP contribution in [0, 0.1) is 5.92 Å². The topological polar surface area (TPSA) is 84.1 Å². The van der Waals surface area contributed by atoms with E-state index in [9.17, 15) is 9.59 Å². The highest BCUT2D eigenvalue weighted by Gasteiger charge is 2.25. The fourth-order valence-corrected chi connectivity index (χ4v) is 2.75. The van der Waals surface area contributed by atoms with Crippen molar-refractivity contribution in [3.05, 3.63) is 34.7 Å². The van der Waals surface area contributed by atoms with Gasteiger partial charge < -0.3 is 15.6 Å². The number of nitrogens with one attached hydrogen (secondary N) is 1. The van der Waals surface area contributed by atoms with Gasteiger partial charge in [-0.2, -0.15) is 0 Å². The fourth-order valence-electron chi connectivity index (χ4n) is 2.75. The Morgan fingerprint density at radius 2 is 2.20 bits per heavy atom. The number of benzene rings is 1. The van der Waals surface area contributed by atoms with Crippen molar-refractivity contribution in [2.24, 2.45) is 11.7 Å². The highest BCUT2D eigenvalue weighted by atomic mass is 16.2. The van der Waals surface area contributed by atoms with Crippen LogP contribution in [-0.4, -0.2) is 40.0 Å². The number of nitrogens with zero attached hydrogens (tertiary/aromatic N) is 2. The SMILES string of the molecule is NCC1CCN(C(=O)Cn2c(=O)[nH]c3ccccc32)C1. The fraction of sp³-hybridized carbons (Fsp3) is 0.429. The molecule has 1 aromatic heterocycles. The molecule has 3 N–H and O–H groups in total. The van der Waals surface area contributed by atoms with Crippen molar-refractivity contribution in [2.75, 3.05) is 19.6 Å². The molecule has 0 aliphatic carbocycles. The number of aromatic amines is 1. The number of hydrogen-bond acceptors (Lipinski definition) is 3. The van der Waals surface area contributed by atoms with Crippen LogP contribution in [0.5, 0.6) is 0 Å². The molecule has 1 amide bonds. The van der Waals surface area contributed by atoms with Gasteiger partial charge in [0.1, 0.15) is 6.54 Å². The number of amides is 1. The zero-order chi connectivity index (χ0) is 14.1. The molecule has 1 aliphatic rings. The summed E-state index contributed by atoms with van der Waals surface area (Å²) in [6.45, 7) is 2.13. The normalized spacial score (nSPS) is 18.9. The maximum atomic E-state index is 12.3. The van der Waals surface area contributed by atoms with Gasteiger partial charge in [0.2, 0.25) is 5.91 Å². The molecule has 3 rings (SSSR count). The maximum absolute atomic E-state index is 12.3. The Hall–Kier alpha value is -2.08. The van der Waals surface area contributed by atoms with Gasteiger partial charge in [-0.25, -0.2) is 4.79 Å². The van der Waals surface area contributed by atoms with Crippen molar-refractivity contribution >= 4 is 16.9 Å². The van der Waals surface area contributed by atoms with Crippen molar-refractivity contribution < 1.29 is 4.79 Å². The predicted octanol–water partition coefficient (Wildman–Crippen LogP) is 0.137. The molecule has 1 unspecified atom stereocenters. The van der Waals surface area contributed by atoms with Gasteiger partial charge in [0.25, 0.3) is 0 Å². The second kappa shape index (κ2) is 5.13. The summed E-state index contributed by atoms with van der Waals surface area (Å²) in [4.78, 5) is 28.8. The molecule has 0 radical (unpaired) electrons. The van der Waals surface area contributed by atoms with Gasteiger partial charge in [-0.15, -0.1) is 0 Å². The van der Waals surface area contributed by atoms with Crippen molar-refractivity contribution in [2.45, 2.75) is 13.0 Å². The average Bonchev–Trinajstić information content (AvgIpc) is 3.04. The Kier molecular flexibility index (Phi) is 3.31. The van der Waals surface area contributed by atoms with Gasteiger partial charge in [0.05, 0.1) is 11.0 Å². The first-order valence-electron chi connectivity index (χ1n) is 6.84. The van der Waals surface area contributed by atoms with Gasteiger partial charge in [-0.05, 0) is 31.0 Å². The average molecular weight is 274 g/mol. The number of H-pyrrole nitrogens is 1. The molecule has 1 aromatic carbocycles. The van der Waals surface area contributed by atoms with Gasteiger partial charge in [-0.1, -0.05) is 12.1 Å². The molecule has 2 aromatic rings. The summed E-state index contributed by atoms with van der Waals surface area (Å²) in [6, 6.07) is 7.39. The largest absolute Gasteiger partial charge is 0.341 e. The van der Waals surface area contributed by atoms with E-state index in [2.05, 4.69) is 4.98 Å². The van der Waals surface area contributed by atoms with Gasteiger partial charge in [-0.3, -0.25) is 9.36 Å². The molecule has 106 valence electrons. The lowest BCUT2D eigenvalue weighted by Crippen LogP contribution is -2.35. The standard InChI is InChI=1S/C14H18N4O2/c15-7-10-5-6-17(8-10)13(19)9-18-12-4-2-1-3-11(12)16-14(18)20/h1-4,10H,5-9,15H2,(H,16,20). The zero-order valence-corrected chi connectivity index (χ0v) is 11.2. The van der Waals surface area contributed by atoms with Gasteiger partial charge in [0, 0.05) is 13.1 Å². The quantitative estimate of drug-likeness (QED) is 0.835. The Bertz CT molecular complexity index is 688. The van der Waals surface area contributed by atoms with E-state index in [1.54, 1.807) is 4.90 Å². The number of carbonyl (C=O) groups excluding carboxylic acids is 1. The minimum atomic E-state index is -0.242. The van der Waals surface area contributed by atoms with Crippen molar-refractivity contribution in [3.8, 4) is 0 Å². The molecule has 2 heterocycles. The van der Waals surface area contributed by atoms with Crippen LogP contribution in [0.3, 0.4) is 0 Å². The summed E-state index contributed by atoms with van der Waals surface area (Å²) in [7, 11) is 0. The number of imidazole rings is 1. The zero-order valence-electron chi connectivity index (χ0n) is 11.2. The van der Waals surface area contributed by atoms with Crippen LogP contribution < -0.4 is 11.4 Å². The van der Waals surface area contributed by atoms with E-state index in [1.165, 1.54) is 4.57 Å². The monoisotopic (exact) mass is 274 g/mol. The van der Waals surface area contributed by atoms with Crippen molar-refractivity contribution in [1.29, 1.82) is 0 Å². The Morgan fingerprint density at radius 3 is 2.95 bits per heavy atom. The molecule has 0 spiro atoms. The molecule has 0 saturated carbocycles. The van der Waals surface area contributed by atoms with E-state index in [0.717, 1.165) is 24.0 Å². The number of aromatic nitrogens is 2. The third kappa shape index (κ3) is 2.22. The molecular weight excluding hydrogens is 256 g/mol. The van der Waals surface area contributed by atoms with Crippen LogP contribution in [0.2, 0.25) is 0 Å². The lowest BCUT2D eigenvalue weighted by Gasteiger charge is -2.16. The highest BCUT2D eigenvalue weighted by molar-refractivity contribution is 5.80. The molecule has 1 atom stereocenters. The van der Waals surface area contributed by atoms with Crippen LogP contribution in [0.4, 0.5) is 0 Å². The van der Waals surface area contributed by atoms with Crippen LogP contribution >= 0.6 is 0 Å². The first kappa shape index (κ1) is 12.9. The van der Waals surface area contributed by atoms with Gasteiger partial charge >= 0.3 is 5.69 Å². The summed E-state index contributed by atoms with van der Waals surface area (Å²) < 4.78 is 1.49. The van der Waals surface area contributed by atoms with E-state index in [4.69, 9.17) is 5.73 Å². The van der Waals surface area contributed by atoms with Crippen molar-refractivity contribution in [1.82, 2.24) is 14.5 Å². The van der Waals surface area contributed by atoms with E-state index < -0.39 is 0 Å². The molecule has 6 nitrogen and oxygen atoms in total. The van der Waals surface area contributed by atoms with Crippen molar-refractivity contribution in [3.63, 3.8) is 0 Å². The third-order valence-electron chi connectivity index (χ3n) is 3.95. The second-order valence-corrected chi connectivity index (χ2v) is 5.26. The summed E-state index contributed by atoms with van der Waals surface area (Å²) in [5, 5.41) is 0. The van der Waals surface area contributed by atoms with Crippen LogP contribution in [0.25, 0.3) is 11.0 Å². The van der Waals surface area contributed by atoms with Gasteiger partial charge in [0.15, 0.2) is 0 Å². The Morgan fingerprint density at radius 1 is 1.40 bits per heavy atom. The number of rotatable bonds is 3. The number of para-hydroxylation sites is 2. The molecule has 6 heteroatoms. The molecule has 20 heavy (non-hydrogen) atoms. The number of carbonyl (C=O) groups is 1. The second-order valence-electron chi connectivity index (χ2n) is 5.26. The molecule has 1 saturated heterocycles. The van der Waals surface area contributed by atoms with Crippen LogP contribution in [0.15, 0.2) is 29.1 Å². The number of nitrogens with two attached hydrogens (primary N) is 1. The van der Waals surface area contributed by atoms with E-state index >= 15 is 0 Å². The summed E-state index contributed by atoms with van der Waals surface area (Å²) >= 11 is 0. The lowest BCUT2D eigenvalue weighted by molar-refractivity contribution is -0.130. The lowest BCUT2D eigenvalue weighted by atomic mass is 10.1. The molecular formula is C14H18N4O2. The Labute approximate surface area is 116 Å². The summed E-state index contributed by atoms with van der Waals surface area (Å²) in [5.74, 6) is 0.367. The van der Waals surface area contributed by atoms with E-state index in [1.807, 2.05) is 24.3 Å². The number of hydrogen-bond donors (Lipinski definition) is 2. The van der Waals surface area contributed by atoms with Crippen LogP contribution in [-0.2, 0) is 11.3 Å². The molecule has 1 fully saturated rings. The smallest absolute Gasteiger partial charge is 0.326 e. The predicted molar refractivity (Wildman–Crippen MR) is 76.3 cm³/mol. The highest BCUT2D eigenvalue weighted by Crippen LogP contribution is 2.16. The summed E-state index contributed by atoms with van der Waals surface area (Å²) in [6.07, 6.45) is 0.949. The molecule has 0 bridgehead atoms. The van der Waals surface area contributed by atoms with Crippen LogP contribution in [0.1, 0.15) is 6.42 Å². The molecule has 1 aliphatic heterocycles. The third-order valence-corrected chi connectivity index (χ3v) is 3.95. The number of fused-ring (bicyclic) bond motifs is 1. The first-order chi connectivity index (χ1) is 9.69. The van der Waals surface area contributed by atoms with E-state index in [-0.39, 0.29) is 18.1 Å².